The first-order valence-electron chi connectivity index (χ1n) is 6.04. The first-order chi connectivity index (χ1) is 8.25. The Morgan fingerprint density at radius 1 is 1.47 bits per heavy atom. The molecular weight excluding hydrogens is 218 g/mol. The topological polar surface area (TPSA) is 70.6 Å². The van der Waals surface area contributed by atoms with Gasteiger partial charge in [0.05, 0.1) is 0 Å². The number of amides is 2. The number of carbonyl (C=O) groups excluding carboxylic acids is 2. The fourth-order valence-electron chi connectivity index (χ4n) is 2.02. The lowest BCUT2D eigenvalue weighted by molar-refractivity contribution is -0.121. The first-order valence-corrected chi connectivity index (χ1v) is 6.04. The molecule has 1 aliphatic carbocycles. The maximum Gasteiger partial charge on any atom is 0.267 e. The van der Waals surface area contributed by atoms with Crippen LogP contribution in [-0.2, 0) is 9.59 Å². The Kier molecular flexibility index (Phi) is 3.90. The quantitative estimate of drug-likeness (QED) is 0.708. The third kappa shape index (κ3) is 3.41. The van der Waals surface area contributed by atoms with Crippen LogP contribution < -0.4 is 10.7 Å². The van der Waals surface area contributed by atoms with Gasteiger partial charge >= 0.3 is 0 Å². The first kappa shape index (κ1) is 11.8. The van der Waals surface area contributed by atoms with Crippen LogP contribution in [0, 0.1) is 5.92 Å². The van der Waals surface area contributed by atoms with Gasteiger partial charge in [0.25, 0.3) is 5.91 Å². The molecule has 17 heavy (non-hydrogen) atoms. The molecule has 1 atom stereocenters. The molecule has 0 aromatic rings. The van der Waals surface area contributed by atoms with Crippen molar-refractivity contribution >= 4 is 17.5 Å². The van der Waals surface area contributed by atoms with Gasteiger partial charge in [-0.05, 0) is 25.2 Å². The van der Waals surface area contributed by atoms with E-state index < -0.39 is 0 Å². The Balaban J connectivity index is 1.77. The summed E-state index contributed by atoms with van der Waals surface area (Å²) in [6, 6.07) is 0. The van der Waals surface area contributed by atoms with Gasteiger partial charge in [0.2, 0.25) is 5.91 Å². The number of hydrazone groups is 1. The average molecular weight is 235 g/mol. The number of rotatable bonds is 3. The zero-order valence-electron chi connectivity index (χ0n) is 9.74. The summed E-state index contributed by atoms with van der Waals surface area (Å²) in [5, 5.41) is 6.65. The van der Waals surface area contributed by atoms with Crippen molar-refractivity contribution in [3.8, 4) is 0 Å². The Morgan fingerprint density at radius 2 is 2.35 bits per heavy atom. The smallest absolute Gasteiger partial charge is 0.267 e. The summed E-state index contributed by atoms with van der Waals surface area (Å²) >= 11 is 0. The largest absolute Gasteiger partial charge is 0.351 e. The minimum absolute atomic E-state index is 0.126. The number of allylic oxidation sites excluding steroid dienone is 2. The number of carbonyl (C=O) groups is 2. The molecule has 0 aromatic heterocycles. The predicted octanol–water partition coefficient (Wildman–Crippen LogP) is 0.725. The fraction of sp³-hybridized carbons (Fsp3) is 0.583. The predicted molar refractivity (Wildman–Crippen MR) is 64.3 cm³/mol. The molecule has 0 saturated carbocycles. The Hall–Kier alpha value is -1.65. The molecule has 1 unspecified atom stereocenters. The minimum atomic E-state index is -0.153. The maximum atomic E-state index is 11.7. The second kappa shape index (κ2) is 5.61. The van der Waals surface area contributed by atoms with Gasteiger partial charge in [-0.3, -0.25) is 9.59 Å². The second-order valence-electron chi connectivity index (χ2n) is 4.45. The van der Waals surface area contributed by atoms with Crippen LogP contribution in [0.3, 0.4) is 0 Å². The van der Waals surface area contributed by atoms with E-state index >= 15 is 0 Å². The highest BCUT2D eigenvalue weighted by atomic mass is 16.2. The standard InChI is InChI=1S/C12H17N3O2/c16-11-7-6-10(14-15-11)12(17)13-8-9-4-2-1-3-5-9/h1-2,9H,3-8H2,(H,13,17)(H,15,16). The molecule has 2 rings (SSSR count). The lowest BCUT2D eigenvalue weighted by atomic mass is 9.94. The van der Waals surface area contributed by atoms with Crippen LogP contribution in [0.1, 0.15) is 32.1 Å². The minimum Gasteiger partial charge on any atom is -0.351 e. The van der Waals surface area contributed by atoms with Crippen LogP contribution >= 0.6 is 0 Å². The van der Waals surface area contributed by atoms with Crippen LogP contribution in [0.2, 0.25) is 0 Å². The summed E-state index contributed by atoms with van der Waals surface area (Å²) in [6.45, 7) is 0.691. The average Bonchev–Trinajstić information content (AvgIpc) is 2.38. The van der Waals surface area contributed by atoms with Crippen LogP contribution in [0.4, 0.5) is 0 Å². The van der Waals surface area contributed by atoms with Crippen LogP contribution in [-0.4, -0.2) is 24.1 Å². The summed E-state index contributed by atoms with van der Waals surface area (Å²) in [6.07, 6.45) is 8.37. The zero-order chi connectivity index (χ0) is 12.1. The SMILES string of the molecule is O=C1CCC(C(=O)NCC2CC=CCC2)=NN1. The van der Waals surface area contributed by atoms with Crippen molar-refractivity contribution in [2.45, 2.75) is 32.1 Å². The molecule has 0 aromatic carbocycles. The van der Waals surface area contributed by atoms with Crippen molar-refractivity contribution in [2.75, 3.05) is 6.54 Å². The van der Waals surface area contributed by atoms with Gasteiger partial charge in [0.15, 0.2) is 0 Å². The lowest BCUT2D eigenvalue weighted by Crippen LogP contribution is -2.39. The number of hydrogen-bond donors (Lipinski definition) is 2. The highest BCUT2D eigenvalue weighted by Gasteiger charge is 2.19. The Bertz CT molecular complexity index is 374. The molecule has 5 heteroatoms. The summed E-state index contributed by atoms with van der Waals surface area (Å²) in [7, 11) is 0. The van der Waals surface area contributed by atoms with Gasteiger partial charge in [-0.1, -0.05) is 12.2 Å². The third-order valence-electron chi connectivity index (χ3n) is 3.10. The third-order valence-corrected chi connectivity index (χ3v) is 3.10. The number of hydrogen-bond acceptors (Lipinski definition) is 3. The van der Waals surface area contributed by atoms with Crippen molar-refractivity contribution in [1.82, 2.24) is 10.7 Å². The van der Waals surface area contributed by atoms with Crippen molar-refractivity contribution in [3.05, 3.63) is 12.2 Å². The molecule has 92 valence electrons. The van der Waals surface area contributed by atoms with Gasteiger partial charge in [-0.15, -0.1) is 0 Å². The van der Waals surface area contributed by atoms with Gasteiger partial charge < -0.3 is 5.32 Å². The molecule has 5 nitrogen and oxygen atoms in total. The van der Waals surface area contributed by atoms with E-state index in [9.17, 15) is 9.59 Å². The molecule has 0 fully saturated rings. The fourth-order valence-corrected chi connectivity index (χ4v) is 2.02. The molecule has 2 amide bonds. The molecule has 2 aliphatic rings. The maximum absolute atomic E-state index is 11.7. The van der Waals surface area contributed by atoms with E-state index in [1.165, 1.54) is 0 Å². The van der Waals surface area contributed by atoms with Gasteiger partial charge in [-0.2, -0.15) is 5.10 Å². The molecular formula is C12H17N3O2. The number of nitrogens with one attached hydrogen (secondary N) is 2. The summed E-state index contributed by atoms with van der Waals surface area (Å²) < 4.78 is 0. The highest BCUT2D eigenvalue weighted by molar-refractivity contribution is 6.39. The summed E-state index contributed by atoms with van der Waals surface area (Å²) in [5.74, 6) is 0.251. The van der Waals surface area contributed by atoms with Gasteiger partial charge in [-0.25, -0.2) is 5.43 Å². The summed E-state index contributed by atoms with van der Waals surface area (Å²) in [4.78, 5) is 22.6. The Morgan fingerprint density at radius 3 is 3.00 bits per heavy atom. The highest BCUT2D eigenvalue weighted by Crippen LogP contribution is 2.16. The lowest BCUT2D eigenvalue weighted by Gasteiger charge is -2.19. The molecule has 0 spiro atoms. The van der Waals surface area contributed by atoms with Crippen LogP contribution in [0.25, 0.3) is 0 Å². The van der Waals surface area contributed by atoms with Crippen molar-refractivity contribution < 1.29 is 9.59 Å². The Labute approximate surface area is 100 Å². The van der Waals surface area contributed by atoms with E-state index in [1.54, 1.807) is 0 Å². The van der Waals surface area contributed by atoms with E-state index in [1.807, 2.05) is 0 Å². The number of nitrogens with zero attached hydrogens (tertiary/aromatic N) is 1. The van der Waals surface area contributed by atoms with E-state index in [0.29, 0.717) is 31.0 Å². The zero-order valence-corrected chi connectivity index (χ0v) is 9.74. The molecule has 0 bridgehead atoms. The normalized spacial score (nSPS) is 23.9. The van der Waals surface area contributed by atoms with Crippen molar-refractivity contribution in [2.24, 2.45) is 11.0 Å². The van der Waals surface area contributed by atoms with E-state index in [2.05, 4.69) is 28.0 Å². The molecule has 1 aliphatic heterocycles. The van der Waals surface area contributed by atoms with Crippen molar-refractivity contribution in [1.29, 1.82) is 0 Å². The molecule has 2 N–H and O–H groups in total. The molecule has 0 radical (unpaired) electrons. The van der Waals surface area contributed by atoms with Crippen LogP contribution in [0.5, 0.6) is 0 Å². The van der Waals surface area contributed by atoms with E-state index in [0.717, 1.165) is 19.3 Å². The van der Waals surface area contributed by atoms with Gasteiger partial charge in [0.1, 0.15) is 5.71 Å². The van der Waals surface area contributed by atoms with E-state index in [-0.39, 0.29) is 11.8 Å². The summed E-state index contributed by atoms with van der Waals surface area (Å²) in [5.41, 5.74) is 2.75. The molecule has 1 heterocycles. The van der Waals surface area contributed by atoms with E-state index in [4.69, 9.17) is 0 Å². The second-order valence-corrected chi connectivity index (χ2v) is 4.45. The van der Waals surface area contributed by atoms with Gasteiger partial charge in [0, 0.05) is 19.4 Å². The van der Waals surface area contributed by atoms with Crippen molar-refractivity contribution in [3.63, 3.8) is 0 Å². The van der Waals surface area contributed by atoms with Crippen LogP contribution in [0.15, 0.2) is 17.3 Å². The molecule has 0 saturated heterocycles. The monoisotopic (exact) mass is 235 g/mol.